The third-order valence-corrected chi connectivity index (χ3v) is 10.4. The van der Waals surface area contributed by atoms with Crippen molar-refractivity contribution in [2.75, 3.05) is 0 Å². The highest BCUT2D eigenvalue weighted by Gasteiger charge is 2.22. The van der Waals surface area contributed by atoms with Crippen LogP contribution in [0.25, 0.3) is 86.5 Å². The van der Waals surface area contributed by atoms with Gasteiger partial charge in [-0.25, -0.2) is 4.98 Å². The normalized spacial score (nSPS) is 12.0. The molecule has 0 radical (unpaired) electrons. The second kappa shape index (κ2) is 9.39. The van der Waals surface area contributed by atoms with Crippen LogP contribution in [0.5, 0.6) is 0 Å². The molecule has 0 bridgehead atoms. The van der Waals surface area contributed by atoms with Crippen LogP contribution in [0.15, 0.2) is 152 Å². The highest BCUT2D eigenvalue weighted by Crippen LogP contribution is 2.49. The van der Waals surface area contributed by atoms with Crippen LogP contribution in [0.4, 0.5) is 0 Å². The number of benzene rings is 6. The van der Waals surface area contributed by atoms with Crippen LogP contribution in [-0.4, -0.2) is 14.0 Å². The van der Waals surface area contributed by atoms with Crippen molar-refractivity contribution in [2.24, 2.45) is 0 Å². The number of imidazole rings is 1. The van der Waals surface area contributed by atoms with E-state index in [9.17, 15) is 0 Å². The predicted octanol–water partition coefficient (Wildman–Crippen LogP) is 11.3. The van der Waals surface area contributed by atoms with Crippen molar-refractivity contribution in [3.8, 4) is 28.1 Å². The Kier molecular flexibility index (Phi) is 5.16. The summed E-state index contributed by atoms with van der Waals surface area (Å²) >= 11 is 1.92. The molecule has 0 N–H and O–H groups in total. The number of hydrogen-bond acceptors (Lipinski definition) is 2. The minimum atomic E-state index is 0.951. The van der Waals surface area contributed by atoms with Crippen LogP contribution >= 0.6 is 11.3 Å². The van der Waals surface area contributed by atoms with E-state index in [1.807, 2.05) is 35.7 Å². The molecule has 0 atom stereocenters. The summed E-state index contributed by atoms with van der Waals surface area (Å²) in [5.74, 6) is 0. The summed E-state index contributed by atoms with van der Waals surface area (Å²) < 4.78 is 7.22. The van der Waals surface area contributed by atoms with Gasteiger partial charge in [0.25, 0.3) is 0 Å². The molecule has 0 aliphatic heterocycles. The molecule has 0 saturated carbocycles. The molecule has 4 heteroatoms. The van der Waals surface area contributed by atoms with Crippen LogP contribution in [0.2, 0.25) is 0 Å². The van der Waals surface area contributed by atoms with Gasteiger partial charge in [-0.2, -0.15) is 0 Å². The van der Waals surface area contributed by atoms with Crippen molar-refractivity contribution in [1.29, 1.82) is 0 Å². The van der Waals surface area contributed by atoms with Crippen LogP contribution in [0.3, 0.4) is 0 Å². The molecule has 3 nitrogen and oxygen atoms in total. The van der Waals surface area contributed by atoms with E-state index in [-0.39, 0.29) is 0 Å². The quantitative estimate of drug-likeness (QED) is 0.200. The molecular formula is C41H25N3S. The lowest BCUT2D eigenvalue weighted by Gasteiger charge is -2.11. The van der Waals surface area contributed by atoms with E-state index in [1.54, 1.807) is 0 Å². The second-order valence-electron chi connectivity index (χ2n) is 11.6. The maximum atomic E-state index is 4.87. The number of rotatable bonds is 3. The van der Waals surface area contributed by atoms with E-state index >= 15 is 0 Å². The summed E-state index contributed by atoms with van der Waals surface area (Å²) in [5.41, 5.74) is 9.18. The third kappa shape index (κ3) is 3.54. The molecule has 210 valence electrons. The fourth-order valence-electron chi connectivity index (χ4n) is 7.16. The first-order chi connectivity index (χ1) is 22.3. The number of thiophene rings is 1. The number of aromatic nitrogens is 3. The minimum Gasteiger partial charge on any atom is -0.309 e. The Balaban J connectivity index is 1.32. The molecule has 0 unspecified atom stereocenters. The Morgan fingerprint density at radius 3 is 2.09 bits per heavy atom. The van der Waals surface area contributed by atoms with E-state index < -0.39 is 0 Å². The van der Waals surface area contributed by atoms with Crippen molar-refractivity contribution in [1.82, 2.24) is 14.0 Å². The molecule has 10 aromatic rings. The van der Waals surface area contributed by atoms with Crippen LogP contribution < -0.4 is 0 Å². The molecule has 6 aromatic carbocycles. The second-order valence-corrected chi connectivity index (χ2v) is 12.6. The summed E-state index contributed by atoms with van der Waals surface area (Å²) in [5, 5.41) is 7.81. The molecule has 10 rings (SSSR count). The SMILES string of the molecule is c1ccc(-c2cccc3c2sc2c4ccccc4c4c5ccccc5n(-c5ccc(-c6cn7ccccc7n6)cc5)c4c32)cc1. The first-order valence-corrected chi connectivity index (χ1v) is 16.0. The van der Waals surface area contributed by atoms with Crippen molar-refractivity contribution in [3.63, 3.8) is 0 Å². The van der Waals surface area contributed by atoms with Crippen molar-refractivity contribution < 1.29 is 0 Å². The van der Waals surface area contributed by atoms with Gasteiger partial charge < -0.3 is 8.97 Å². The lowest BCUT2D eigenvalue weighted by Crippen LogP contribution is -1.94. The van der Waals surface area contributed by atoms with Gasteiger partial charge >= 0.3 is 0 Å². The monoisotopic (exact) mass is 591 g/mol. The minimum absolute atomic E-state index is 0.951. The Hall–Kier alpha value is -5.71. The summed E-state index contributed by atoms with van der Waals surface area (Å²) in [7, 11) is 0. The standard InChI is InChI=1S/C41H25N3S/c1-2-11-26(12-3-1)29-16-10-17-33-38-39-37(30-13-4-5-14-31(30)41(38)45-40(29)33)32-15-6-7-18-35(32)44(39)28-22-20-27(21-23-28)34-25-43-24-9-8-19-36(43)42-34/h1-25H. The van der Waals surface area contributed by atoms with Gasteiger partial charge in [0.15, 0.2) is 0 Å². The smallest absolute Gasteiger partial charge is 0.137 e. The molecule has 4 aromatic heterocycles. The van der Waals surface area contributed by atoms with E-state index in [2.05, 4.69) is 136 Å². The molecule has 0 saturated heterocycles. The number of nitrogens with zero attached hydrogens (tertiary/aromatic N) is 3. The highest BCUT2D eigenvalue weighted by atomic mass is 32.1. The van der Waals surface area contributed by atoms with Gasteiger partial charge in [0.1, 0.15) is 5.65 Å². The van der Waals surface area contributed by atoms with Gasteiger partial charge in [0.05, 0.1) is 16.7 Å². The zero-order valence-corrected chi connectivity index (χ0v) is 25.0. The Morgan fingerprint density at radius 1 is 0.511 bits per heavy atom. The van der Waals surface area contributed by atoms with E-state index in [0.29, 0.717) is 0 Å². The average Bonchev–Trinajstić information content (AvgIpc) is 3.81. The molecule has 0 aliphatic rings. The van der Waals surface area contributed by atoms with Gasteiger partial charge in [0, 0.05) is 60.0 Å². The van der Waals surface area contributed by atoms with Crippen LogP contribution in [0, 0.1) is 0 Å². The zero-order valence-electron chi connectivity index (χ0n) is 24.2. The first kappa shape index (κ1) is 24.7. The van der Waals surface area contributed by atoms with E-state index in [1.165, 1.54) is 63.9 Å². The Morgan fingerprint density at radius 2 is 1.24 bits per heavy atom. The number of para-hydroxylation sites is 1. The van der Waals surface area contributed by atoms with Gasteiger partial charge in [-0.1, -0.05) is 109 Å². The van der Waals surface area contributed by atoms with Crippen molar-refractivity contribution in [2.45, 2.75) is 0 Å². The highest BCUT2D eigenvalue weighted by molar-refractivity contribution is 7.27. The Labute approximate surface area is 262 Å². The maximum Gasteiger partial charge on any atom is 0.137 e. The molecule has 0 aliphatic carbocycles. The number of pyridine rings is 1. The molecule has 45 heavy (non-hydrogen) atoms. The summed E-state index contributed by atoms with van der Waals surface area (Å²) in [4.78, 5) is 4.87. The lowest BCUT2D eigenvalue weighted by atomic mass is 9.98. The van der Waals surface area contributed by atoms with Gasteiger partial charge in [-0.3, -0.25) is 0 Å². The largest absolute Gasteiger partial charge is 0.309 e. The summed E-state index contributed by atoms with van der Waals surface area (Å²) in [6, 6.07) is 50.4. The average molecular weight is 592 g/mol. The number of fused-ring (bicyclic) bond motifs is 11. The summed E-state index contributed by atoms with van der Waals surface area (Å²) in [6.07, 6.45) is 4.14. The van der Waals surface area contributed by atoms with Crippen LogP contribution in [0.1, 0.15) is 0 Å². The number of hydrogen-bond donors (Lipinski definition) is 0. The van der Waals surface area contributed by atoms with Gasteiger partial charge in [-0.05, 0) is 46.8 Å². The lowest BCUT2D eigenvalue weighted by molar-refractivity contribution is 1.19. The molecule has 0 amide bonds. The fourth-order valence-corrected chi connectivity index (χ4v) is 8.54. The molecule has 0 spiro atoms. The van der Waals surface area contributed by atoms with Gasteiger partial charge in [-0.15, -0.1) is 11.3 Å². The van der Waals surface area contributed by atoms with E-state index in [0.717, 1.165) is 22.6 Å². The third-order valence-electron chi connectivity index (χ3n) is 9.14. The topological polar surface area (TPSA) is 22.2 Å². The fraction of sp³-hybridized carbons (Fsp3) is 0. The van der Waals surface area contributed by atoms with Crippen molar-refractivity contribution in [3.05, 3.63) is 152 Å². The van der Waals surface area contributed by atoms with Gasteiger partial charge in [0.2, 0.25) is 0 Å². The summed E-state index contributed by atoms with van der Waals surface area (Å²) in [6.45, 7) is 0. The predicted molar refractivity (Wildman–Crippen MR) is 191 cm³/mol. The van der Waals surface area contributed by atoms with Crippen molar-refractivity contribution >= 4 is 69.7 Å². The maximum absolute atomic E-state index is 4.87. The first-order valence-electron chi connectivity index (χ1n) is 15.2. The Bertz CT molecular complexity index is 2710. The molecule has 0 fully saturated rings. The molecule has 4 heterocycles. The zero-order chi connectivity index (χ0) is 29.5. The van der Waals surface area contributed by atoms with Crippen LogP contribution in [-0.2, 0) is 0 Å². The van der Waals surface area contributed by atoms with E-state index in [4.69, 9.17) is 4.98 Å². The molecular weight excluding hydrogens is 567 g/mol.